The molecule has 3 unspecified atom stereocenters. The summed E-state index contributed by atoms with van der Waals surface area (Å²) < 4.78 is 11.5. The van der Waals surface area contributed by atoms with E-state index in [-0.39, 0.29) is 11.4 Å². The van der Waals surface area contributed by atoms with Gasteiger partial charge in [0.05, 0.1) is 16.0 Å². The maximum Gasteiger partial charge on any atom is 0.142 e. The van der Waals surface area contributed by atoms with Crippen molar-refractivity contribution in [3.05, 3.63) is 0 Å². The summed E-state index contributed by atoms with van der Waals surface area (Å²) in [6.07, 6.45) is 3.32. The van der Waals surface area contributed by atoms with E-state index in [0.29, 0.717) is 5.04 Å². The first-order valence-electron chi connectivity index (χ1n) is 3.90. The van der Waals surface area contributed by atoms with Crippen LogP contribution in [0.25, 0.3) is 0 Å². The van der Waals surface area contributed by atoms with Gasteiger partial charge >= 0.3 is 0 Å². The second-order valence-corrected chi connectivity index (χ2v) is 4.81. The first kappa shape index (κ1) is 7.28. The molecule has 0 amide bonds. The number of hydrogen-bond acceptors (Lipinski definition) is 3. The van der Waals surface area contributed by atoms with Crippen molar-refractivity contribution in [2.24, 2.45) is 5.16 Å². The SMILES string of the molecule is CC1=NOC2CCCC2S1=O. The quantitative estimate of drug-likeness (QED) is 0.548. The van der Waals surface area contributed by atoms with E-state index in [4.69, 9.17) is 4.84 Å². The van der Waals surface area contributed by atoms with Crippen LogP contribution < -0.4 is 0 Å². The van der Waals surface area contributed by atoms with Crippen LogP contribution in [0.1, 0.15) is 26.2 Å². The monoisotopic (exact) mass is 173 g/mol. The van der Waals surface area contributed by atoms with Crippen molar-refractivity contribution in [3.8, 4) is 0 Å². The molecule has 0 aromatic rings. The topological polar surface area (TPSA) is 38.7 Å². The van der Waals surface area contributed by atoms with Crippen molar-refractivity contribution >= 4 is 15.8 Å². The lowest BCUT2D eigenvalue weighted by Crippen LogP contribution is -2.33. The number of fused-ring (bicyclic) bond motifs is 1. The third-order valence-electron chi connectivity index (χ3n) is 2.27. The smallest absolute Gasteiger partial charge is 0.142 e. The molecule has 4 heteroatoms. The van der Waals surface area contributed by atoms with Gasteiger partial charge in [-0.1, -0.05) is 5.16 Å². The molecular formula is C7H11NO2S. The Morgan fingerprint density at radius 1 is 1.64 bits per heavy atom. The summed E-state index contributed by atoms with van der Waals surface area (Å²) in [4.78, 5) is 5.18. The fourth-order valence-electron chi connectivity index (χ4n) is 1.66. The number of rotatable bonds is 0. The van der Waals surface area contributed by atoms with Crippen LogP contribution in [-0.2, 0) is 15.6 Å². The zero-order valence-electron chi connectivity index (χ0n) is 6.45. The van der Waals surface area contributed by atoms with Crippen LogP contribution in [0.15, 0.2) is 5.16 Å². The molecule has 2 rings (SSSR count). The lowest BCUT2D eigenvalue weighted by atomic mass is 10.3. The van der Waals surface area contributed by atoms with Crippen LogP contribution in [0, 0.1) is 0 Å². The summed E-state index contributed by atoms with van der Waals surface area (Å²) in [5.41, 5.74) is 0. The minimum Gasteiger partial charge on any atom is -0.390 e. The predicted octanol–water partition coefficient (Wildman–Crippen LogP) is 1.02. The third kappa shape index (κ3) is 1.09. The normalized spacial score (nSPS) is 42.6. The van der Waals surface area contributed by atoms with Crippen LogP contribution in [0.3, 0.4) is 0 Å². The molecule has 2 aliphatic rings. The van der Waals surface area contributed by atoms with Gasteiger partial charge in [-0.3, -0.25) is 4.21 Å². The number of oxime groups is 1. The highest BCUT2D eigenvalue weighted by atomic mass is 32.2. The molecule has 11 heavy (non-hydrogen) atoms. The zero-order valence-corrected chi connectivity index (χ0v) is 7.26. The molecule has 0 N–H and O–H groups in total. The van der Waals surface area contributed by atoms with E-state index in [0.717, 1.165) is 19.3 Å². The minimum atomic E-state index is -0.865. The molecule has 0 aromatic heterocycles. The Labute approximate surface area is 68.3 Å². The fraction of sp³-hybridized carbons (Fsp3) is 0.857. The highest BCUT2D eigenvalue weighted by Gasteiger charge is 2.37. The third-order valence-corrected chi connectivity index (χ3v) is 4.02. The molecule has 0 radical (unpaired) electrons. The predicted molar refractivity (Wildman–Crippen MR) is 43.8 cm³/mol. The molecule has 0 saturated heterocycles. The molecule has 0 bridgehead atoms. The molecule has 0 spiro atoms. The first-order valence-corrected chi connectivity index (χ1v) is 5.11. The Balaban J connectivity index is 2.24. The molecule has 1 saturated carbocycles. The van der Waals surface area contributed by atoms with Gasteiger partial charge in [-0.25, -0.2) is 0 Å². The van der Waals surface area contributed by atoms with Crippen LogP contribution in [0.2, 0.25) is 0 Å². The average Bonchev–Trinajstić information content (AvgIpc) is 2.45. The van der Waals surface area contributed by atoms with Gasteiger partial charge in [0.1, 0.15) is 11.1 Å². The van der Waals surface area contributed by atoms with E-state index < -0.39 is 10.8 Å². The van der Waals surface area contributed by atoms with Crippen molar-refractivity contribution < 1.29 is 9.05 Å². The van der Waals surface area contributed by atoms with E-state index in [1.807, 2.05) is 0 Å². The number of hydrogen-bond donors (Lipinski definition) is 0. The summed E-state index contributed by atoms with van der Waals surface area (Å²) in [5.74, 6) is 0. The summed E-state index contributed by atoms with van der Waals surface area (Å²) >= 11 is 0. The van der Waals surface area contributed by atoms with Crippen molar-refractivity contribution in [1.82, 2.24) is 0 Å². The van der Waals surface area contributed by atoms with Gasteiger partial charge in [0.15, 0.2) is 0 Å². The van der Waals surface area contributed by atoms with Crippen LogP contribution in [0.4, 0.5) is 0 Å². The standard InChI is InChI=1S/C7H11NO2S/c1-5-8-10-6-3-2-4-7(6)11(5)9/h6-7H,2-4H2,1H3. The first-order chi connectivity index (χ1) is 5.29. The lowest BCUT2D eigenvalue weighted by Gasteiger charge is -2.21. The van der Waals surface area contributed by atoms with Crippen molar-refractivity contribution in [3.63, 3.8) is 0 Å². The van der Waals surface area contributed by atoms with Gasteiger partial charge in [-0.15, -0.1) is 0 Å². The zero-order chi connectivity index (χ0) is 7.84. The summed E-state index contributed by atoms with van der Waals surface area (Å²) in [6.45, 7) is 1.77. The van der Waals surface area contributed by atoms with Crippen molar-refractivity contribution in [2.45, 2.75) is 37.5 Å². The molecule has 62 valence electrons. The van der Waals surface area contributed by atoms with Crippen LogP contribution >= 0.6 is 0 Å². The Hall–Kier alpha value is -0.380. The summed E-state index contributed by atoms with van der Waals surface area (Å²) in [6, 6.07) is 0. The Morgan fingerprint density at radius 2 is 2.45 bits per heavy atom. The van der Waals surface area contributed by atoms with Gasteiger partial charge in [-0.2, -0.15) is 0 Å². The molecule has 3 nitrogen and oxygen atoms in total. The van der Waals surface area contributed by atoms with Crippen molar-refractivity contribution in [2.75, 3.05) is 0 Å². The van der Waals surface area contributed by atoms with E-state index in [9.17, 15) is 4.21 Å². The number of nitrogens with zero attached hydrogens (tertiary/aromatic N) is 1. The second-order valence-electron chi connectivity index (χ2n) is 3.02. The molecule has 3 atom stereocenters. The highest BCUT2D eigenvalue weighted by Crippen LogP contribution is 2.29. The van der Waals surface area contributed by atoms with Gasteiger partial charge in [-0.05, 0) is 26.2 Å². The molecular weight excluding hydrogens is 162 g/mol. The van der Waals surface area contributed by atoms with E-state index in [1.54, 1.807) is 6.92 Å². The van der Waals surface area contributed by atoms with Crippen LogP contribution in [-0.4, -0.2) is 20.6 Å². The largest absolute Gasteiger partial charge is 0.390 e. The van der Waals surface area contributed by atoms with Gasteiger partial charge < -0.3 is 4.84 Å². The van der Waals surface area contributed by atoms with Crippen LogP contribution in [0.5, 0.6) is 0 Å². The Morgan fingerprint density at radius 3 is 3.27 bits per heavy atom. The maximum atomic E-state index is 11.5. The fourth-order valence-corrected chi connectivity index (χ4v) is 3.05. The molecule has 1 fully saturated rings. The van der Waals surface area contributed by atoms with Gasteiger partial charge in [0.2, 0.25) is 0 Å². The Bertz CT molecular complexity index is 226. The second kappa shape index (κ2) is 2.59. The van der Waals surface area contributed by atoms with E-state index in [1.165, 1.54) is 0 Å². The average molecular weight is 173 g/mol. The summed E-state index contributed by atoms with van der Waals surface area (Å²) in [7, 11) is -0.865. The summed E-state index contributed by atoms with van der Waals surface area (Å²) in [5, 5.41) is 4.65. The van der Waals surface area contributed by atoms with E-state index >= 15 is 0 Å². The van der Waals surface area contributed by atoms with Crippen molar-refractivity contribution in [1.29, 1.82) is 0 Å². The van der Waals surface area contributed by atoms with Gasteiger partial charge in [0.25, 0.3) is 0 Å². The molecule has 1 heterocycles. The molecule has 1 aliphatic heterocycles. The maximum absolute atomic E-state index is 11.5. The van der Waals surface area contributed by atoms with Gasteiger partial charge in [0, 0.05) is 0 Å². The highest BCUT2D eigenvalue weighted by molar-refractivity contribution is 8.01. The Kier molecular flexibility index (Phi) is 1.71. The van der Waals surface area contributed by atoms with E-state index in [2.05, 4.69) is 5.16 Å². The molecule has 0 aromatic carbocycles. The lowest BCUT2D eigenvalue weighted by molar-refractivity contribution is 0.0646. The molecule has 1 aliphatic carbocycles. The minimum absolute atomic E-state index is 0.138.